The van der Waals surface area contributed by atoms with Gasteiger partial charge in [0.1, 0.15) is 19.5 Å². The summed E-state index contributed by atoms with van der Waals surface area (Å²) in [5.74, 6) is 0. The zero-order valence-electron chi connectivity index (χ0n) is 20.9. The molecule has 2 heteroatoms. The van der Waals surface area contributed by atoms with Gasteiger partial charge in [-0.25, -0.2) is 9.13 Å². The number of nitrogens with zero attached hydrogens (tertiary/aromatic N) is 2. The summed E-state index contributed by atoms with van der Waals surface area (Å²) < 4.78 is 4.47. The number of hydrogen-bond acceptors (Lipinski definition) is 0. The van der Waals surface area contributed by atoms with E-state index in [9.17, 15) is 0 Å². The fraction of sp³-hybridized carbons (Fsp3) is 0.152. The Balaban J connectivity index is 1.97. The lowest BCUT2D eigenvalue weighted by atomic mass is 9.64. The molecule has 0 aliphatic rings. The van der Waals surface area contributed by atoms with Crippen molar-refractivity contribution in [2.75, 3.05) is 0 Å². The maximum atomic E-state index is 2.31. The second-order valence-corrected chi connectivity index (χ2v) is 9.30. The van der Waals surface area contributed by atoms with E-state index in [2.05, 4.69) is 159 Å². The number of benzene rings is 3. The molecule has 1 atom stereocenters. The third-order valence-electron chi connectivity index (χ3n) is 7.26. The van der Waals surface area contributed by atoms with Crippen molar-refractivity contribution in [3.63, 3.8) is 0 Å². The van der Waals surface area contributed by atoms with Gasteiger partial charge in [-0.3, -0.25) is 0 Å². The highest BCUT2D eigenvalue weighted by molar-refractivity contribution is 5.69. The smallest absolute Gasteiger partial charge is 0.204 e. The van der Waals surface area contributed by atoms with Gasteiger partial charge >= 0.3 is 0 Å². The van der Waals surface area contributed by atoms with Gasteiger partial charge in [-0.1, -0.05) is 72.8 Å². The normalized spacial score (nSPS) is 12.8. The molecule has 0 bridgehead atoms. The van der Waals surface area contributed by atoms with E-state index in [1.807, 2.05) is 0 Å². The van der Waals surface area contributed by atoms with Crippen LogP contribution >= 0.6 is 0 Å². The Morgan fingerprint density at radius 3 is 1.89 bits per heavy atom. The lowest BCUT2D eigenvalue weighted by Crippen LogP contribution is -2.46. The van der Waals surface area contributed by atoms with Gasteiger partial charge in [0.25, 0.3) is 0 Å². The van der Waals surface area contributed by atoms with Gasteiger partial charge in [-0.15, -0.1) is 0 Å². The first-order valence-corrected chi connectivity index (χ1v) is 12.2. The van der Waals surface area contributed by atoms with Gasteiger partial charge in [-0.2, -0.15) is 0 Å². The zero-order chi connectivity index (χ0) is 24.4. The Kier molecular flexibility index (Phi) is 6.05. The topological polar surface area (TPSA) is 7.76 Å². The first kappa shape index (κ1) is 22.7. The fourth-order valence-corrected chi connectivity index (χ4v) is 5.60. The molecule has 0 saturated heterocycles. The Hall–Kier alpha value is -4.04. The molecule has 0 spiro atoms. The van der Waals surface area contributed by atoms with Crippen LogP contribution in [0.4, 0.5) is 0 Å². The third kappa shape index (κ3) is 3.76. The van der Waals surface area contributed by atoms with Crippen LogP contribution in [0.15, 0.2) is 122 Å². The van der Waals surface area contributed by atoms with Crippen LogP contribution in [0.3, 0.4) is 0 Å². The Morgan fingerprint density at radius 1 is 0.543 bits per heavy atom. The van der Waals surface area contributed by atoms with Crippen molar-refractivity contribution in [3.8, 4) is 11.3 Å². The van der Waals surface area contributed by atoms with Crippen LogP contribution < -0.4 is 9.13 Å². The average Bonchev–Trinajstić information content (AvgIpc) is 2.88. The summed E-state index contributed by atoms with van der Waals surface area (Å²) in [5.41, 5.74) is 9.60. The number of pyridine rings is 2. The summed E-state index contributed by atoms with van der Waals surface area (Å²) in [6.07, 6.45) is 4.27. The maximum Gasteiger partial charge on any atom is 0.212 e. The highest BCUT2D eigenvalue weighted by atomic mass is 14.9. The van der Waals surface area contributed by atoms with Crippen molar-refractivity contribution in [1.29, 1.82) is 0 Å². The molecule has 1 unspecified atom stereocenters. The third-order valence-corrected chi connectivity index (χ3v) is 7.26. The van der Waals surface area contributed by atoms with Gasteiger partial charge in [0.05, 0.1) is 0 Å². The largest absolute Gasteiger partial charge is 0.212 e. The number of hydrogen-bond donors (Lipinski definition) is 0. The lowest BCUT2D eigenvalue weighted by molar-refractivity contribution is -0.681. The molecule has 2 nitrogen and oxygen atoms in total. The maximum absolute atomic E-state index is 2.31. The van der Waals surface area contributed by atoms with E-state index in [1.165, 1.54) is 44.8 Å². The van der Waals surface area contributed by atoms with Crippen LogP contribution in [-0.4, -0.2) is 0 Å². The summed E-state index contributed by atoms with van der Waals surface area (Å²) in [6.45, 7) is 4.50. The van der Waals surface area contributed by atoms with Crippen molar-refractivity contribution in [1.82, 2.24) is 0 Å². The Bertz CT molecular complexity index is 1440. The van der Waals surface area contributed by atoms with Crippen LogP contribution in [0.1, 0.15) is 33.5 Å². The van der Waals surface area contributed by atoms with Crippen LogP contribution in [-0.2, 0) is 19.5 Å². The van der Waals surface area contributed by atoms with Gasteiger partial charge in [0.15, 0.2) is 12.4 Å². The molecular formula is C33H32N2+2. The predicted octanol–water partition coefficient (Wildman–Crippen LogP) is 6.00. The lowest BCUT2D eigenvalue weighted by Gasteiger charge is -2.36. The first-order valence-electron chi connectivity index (χ1n) is 12.2. The van der Waals surface area contributed by atoms with E-state index < -0.39 is 5.41 Å². The van der Waals surface area contributed by atoms with Gasteiger partial charge in [-0.05, 0) is 53.8 Å². The van der Waals surface area contributed by atoms with E-state index in [0.717, 1.165) is 0 Å². The van der Waals surface area contributed by atoms with Crippen LogP contribution in [0.25, 0.3) is 11.3 Å². The average molecular weight is 457 g/mol. The molecule has 0 saturated carbocycles. The highest BCUT2D eigenvalue weighted by Crippen LogP contribution is 2.47. The summed E-state index contributed by atoms with van der Waals surface area (Å²) in [7, 11) is 4.27. The van der Waals surface area contributed by atoms with E-state index in [4.69, 9.17) is 0 Å². The van der Waals surface area contributed by atoms with Crippen LogP contribution in [0.2, 0.25) is 0 Å². The molecule has 0 aliphatic heterocycles. The van der Waals surface area contributed by atoms with Crippen LogP contribution in [0.5, 0.6) is 0 Å². The number of aryl methyl sites for hydroxylation is 3. The molecule has 172 valence electrons. The Labute approximate surface area is 208 Å². The van der Waals surface area contributed by atoms with Crippen molar-refractivity contribution in [3.05, 3.63) is 155 Å². The predicted molar refractivity (Wildman–Crippen MR) is 142 cm³/mol. The van der Waals surface area contributed by atoms with Crippen molar-refractivity contribution >= 4 is 0 Å². The minimum atomic E-state index is -0.490. The molecule has 3 aromatic carbocycles. The molecule has 2 heterocycles. The monoisotopic (exact) mass is 456 g/mol. The number of rotatable bonds is 5. The molecule has 35 heavy (non-hydrogen) atoms. The zero-order valence-corrected chi connectivity index (χ0v) is 20.9. The van der Waals surface area contributed by atoms with Crippen molar-refractivity contribution < 1.29 is 9.13 Å². The van der Waals surface area contributed by atoms with Gasteiger partial charge in [0.2, 0.25) is 11.4 Å². The fourth-order valence-electron chi connectivity index (χ4n) is 5.60. The second-order valence-electron chi connectivity index (χ2n) is 9.30. The molecule has 0 aliphatic carbocycles. The highest BCUT2D eigenvalue weighted by Gasteiger charge is 2.46. The van der Waals surface area contributed by atoms with Gasteiger partial charge < -0.3 is 0 Å². The minimum absolute atomic E-state index is 0.490. The standard InChI is InChI=1S/C33H32N2/c1-25-15-8-9-19-29(25)33(27-16-6-5-7-17-27,32-22-11-13-24-35(32)4)30-20-14-18-28(26(30)2)31-21-10-12-23-34(31)3/h5-24H,1-4H3/q+2. The molecule has 0 N–H and O–H groups in total. The molecule has 5 rings (SSSR count). The molecule has 0 amide bonds. The summed E-state index contributed by atoms with van der Waals surface area (Å²) in [5, 5.41) is 0. The van der Waals surface area contributed by atoms with Gasteiger partial charge in [0, 0.05) is 29.8 Å². The molecular weight excluding hydrogens is 424 g/mol. The van der Waals surface area contributed by atoms with E-state index in [0.29, 0.717) is 0 Å². The summed E-state index contributed by atoms with van der Waals surface area (Å²) >= 11 is 0. The molecule has 2 aromatic heterocycles. The summed E-state index contributed by atoms with van der Waals surface area (Å²) in [4.78, 5) is 0. The first-order chi connectivity index (χ1) is 17.0. The summed E-state index contributed by atoms with van der Waals surface area (Å²) in [6, 6.07) is 39.5. The second kappa shape index (κ2) is 9.31. The van der Waals surface area contributed by atoms with Crippen molar-refractivity contribution in [2.45, 2.75) is 19.3 Å². The Morgan fingerprint density at radius 2 is 1.17 bits per heavy atom. The SMILES string of the molecule is Cc1ccccc1C(c1ccccc1)(c1cccc(-c2cccc[n+]2C)c1C)c1cccc[n+]1C. The number of aromatic nitrogens is 2. The molecule has 0 radical (unpaired) electrons. The molecule has 5 aromatic rings. The minimum Gasteiger partial charge on any atom is -0.204 e. The van der Waals surface area contributed by atoms with E-state index >= 15 is 0 Å². The van der Waals surface area contributed by atoms with E-state index in [-0.39, 0.29) is 0 Å². The van der Waals surface area contributed by atoms with Crippen molar-refractivity contribution in [2.24, 2.45) is 14.1 Å². The van der Waals surface area contributed by atoms with E-state index in [1.54, 1.807) is 0 Å². The van der Waals surface area contributed by atoms with Crippen LogP contribution in [0, 0.1) is 13.8 Å². The quantitative estimate of drug-likeness (QED) is 0.226. The molecule has 0 fully saturated rings.